The van der Waals surface area contributed by atoms with Crippen LogP contribution < -0.4 is 10.6 Å². The molecule has 0 spiro atoms. The summed E-state index contributed by atoms with van der Waals surface area (Å²) in [6.45, 7) is 0. The number of halogens is 4. The molecule has 0 bridgehead atoms. The highest BCUT2D eigenvalue weighted by molar-refractivity contribution is 9.11. The molecule has 0 saturated heterocycles. The lowest BCUT2D eigenvalue weighted by Gasteiger charge is -2.13. The molecule has 0 aliphatic rings. The van der Waals surface area contributed by atoms with Crippen molar-refractivity contribution in [2.45, 2.75) is 3.92 Å². The molecule has 11 heteroatoms. The van der Waals surface area contributed by atoms with E-state index >= 15 is 0 Å². The Morgan fingerprint density at radius 1 is 1.44 bits per heavy atom. The van der Waals surface area contributed by atoms with Gasteiger partial charge in [0, 0.05) is 0 Å². The topological polar surface area (TPSA) is 80.3 Å². The lowest BCUT2D eigenvalue weighted by Crippen LogP contribution is -2.38. The van der Waals surface area contributed by atoms with Crippen LogP contribution in [0.2, 0.25) is 0 Å². The summed E-state index contributed by atoms with van der Waals surface area (Å²) in [7, 11) is 1.21. The molecule has 6 nitrogen and oxygen atoms in total. The van der Waals surface area contributed by atoms with Crippen molar-refractivity contribution < 1.29 is 14.3 Å². The van der Waals surface area contributed by atoms with E-state index < -0.39 is 15.9 Å². The van der Waals surface area contributed by atoms with Gasteiger partial charge in [0.2, 0.25) is 0 Å². The Balaban J connectivity index is 2.84. The highest BCUT2D eigenvalue weighted by Gasteiger charge is 2.25. The summed E-state index contributed by atoms with van der Waals surface area (Å²) in [6, 6.07) is -0.821. The van der Waals surface area contributed by atoms with Crippen molar-refractivity contribution >= 4 is 79.9 Å². The first-order valence-corrected chi connectivity index (χ1v) is 6.88. The Kier molecular flexibility index (Phi) is 5.47. The second-order valence-electron chi connectivity index (χ2n) is 2.71. The van der Waals surface area contributed by atoms with Gasteiger partial charge in [-0.15, -0.1) is 0 Å². The van der Waals surface area contributed by atoms with E-state index in [1.807, 2.05) is 5.32 Å². The molecule has 2 amide bonds. The smallest absolute Gasteiger partial charge is 0.351 e. The molecule has 2 N–H and O–H groups in total. The zero-order chi connectivity index (χ0) is 13.9. The number of rotatable bonds is 2. The predicted octanol–water partition coefficient (Wildman–Crippen LogP) is 3.14. The van der Waals surface area contributed by atoms with E-state index in [2.05, 4.69) is 31.0 Å². The van der Waals surface area contributed by atoms with Crippen LogP contribution in [0, 0.1) is 0 Å². The molecule has 1 aromatic rings. The number of alkyl halides is 3. The Morgan fingerprint density at radius 2 is 2.06 bits per heavy atom. The van der Waals surface area contributed by atoms with Crippen LogP contribution >= 0.6 is 62.1 Å². The predicted molar refractivity (Wildman–Crippen MR) is 73.6 cm³/mol. The highest BCUT2D eigenvalue weighted by Crippen LogP contribution is 2.28. The average Bonchev–Trinajstić information content (AvgIpc) is 2.55. The van der Waals surface area contributed by atoms with Gasteiger partial charge >= 0.3 is 12.0 Å². The lowest BCUT2D eigenvalue weighted by atomic mass is 10.5. The van der Waals surface area contributed by atoms with Gasteiger partial charge in [0.25, 0.3) is 3.92 Å². The number of amides is 2. The molecule has 1 aromatic heterocycles. The van der Waals surface area contributed by atoms with Crippen LogP contribution in [0.3, 0.4) is 0 Å². The van der Waals surface area contributed by atoms with E-state index in [0.717, 1.165) is 11.3 Å². The van der Waals surface area contributed by atoms with Gasteiger partial charge in [-0.3, -0.25) is 10.6 Å². The number of carbonyl (C=O) groups is 2. The molecule has 0 aliphatic heterocycles. The van der Waals surface area contributed by atoms with Crippen molar-refractivity contribution in [3.05, 3.63) is 8.79 Å². The second kappa shape index (κ2) is 6.25. The zero-order valence-corrected chi connectivity index (χ0v) is 13.3. The number of urea groups is 1. The monoisotopic (exact) mass is 395 g/mol. The van der Waals surface area contributed by atoms with E-state index in [9.17, 15) is 9.59 Å². The maximum Gasteiger partial charge on any atom is 0.351 e. The summed E-state index contributed by atoms with van der Waals surface area (Å²) in [5.74, 6) is -0.632. The number of hydrogen-bond donors (Lipinski definition) is 2. The number of nitrogens with zero attached hydrogens (tertiary/aromatic N) is 1. The fraction of sp³-hybridized carbons (Fsp3) is 0.286. The first-order valence-electron chi connectivity index (χ1n) is 4.13. The molecule has 1 heterocycles. The third-order valence-electron chi connectivity index (χ3n) is 1.46. The average molecular weight is 397 g/mol. The normalized spacial score (nSPS) is 10.9. The molecule has 100 valence electrons. The number of ether oxygens (including phenoxy) is 1. The number of methoxy groups -OCH3 is 1. The van der Waals surface area contributed by atoms with Crippen molar-refractivity contribution in [1.29, 1.82) is 0 Å². The minimum atomic E-state index is -1.96. The fourth-order valence-corrected chi connectivity index (χ4v) is 2.46. The Bertz CT molecular complexity index is 476. The first kappa shape index (κ1) is 15.8. The standard InChI is InChI=1S/C7H5BrCl3N3O3S/c1-17-4(15)2-3(12-5(8)18-2)13-6(16)14-7(9,10)11/h1H3,(H2,13,14,16). The van der Waals surface area contributed by atoms with E-state index in [1.165, 1.54) is 7.11 Å². The van der Waals surface area contributed by atoms with Crippen molar-refractivity contribution in [3.63, 3.8) is 0 Å². The highest BCUT2D eigenvalue weighted by atomic mass is 79.9. The number of anilines is 1. The van der Waals surface area contributed by atoms with Crippen molar-refractivity contribution in [2.75, 3.05) is 12.4 Å². The molecular weight excluding hydrogens is 392 g/mol. The van der Waals surface area contributed by atoms with Gasteiger partial charge in [0.05, 0.1) is 7.11 Å². The number of esters is 1. The van der Waals surface area contributed by atoms with Gasteiger partial charge in [-0.2, -0.15) is 0 Å². The summed E-state index contributed by atoms with van der Waals surface area (Å²) < 4.78 is 2.97. The van der Waals surface area contributed by atoms with Gasteiger partial charge in [0.15, 0.2) is 14.6 Å². The quantitative estimate of drug-likeness (QED) is 0.456. The SMILES string of the molecule is COC(=O)c1sc(Br)nc1NC(=O)NC(Cl)(Cl)Cl. The Hall–Kier alpha value is -0.280. The second-order valence-corrected chi connectivity index (χ2v) is 7.27. The van der Waals surface area contributed by atoms with Crippen LogP contribution in [0.15, 0.2) is 3.92 Å². The fourth-order valence-electron chi connectivity index (χ4n) is 0.877. The van der Waals surface area contributed by atoms with Crippen molar-refractivity contribution in [3.8, 4) is 0 Å². The maximum absolute atomic E-state index is 11.4. The Labute approximate surface area is 129 Å². The molecule has 18 heavy (non-hydrogen) atoms. The molecule has 0 fully saturated rings. The van der Waals surface area contributed by atoms with Crippen LogP contribution in [-0.4, -0.2) is 28.0 Å². The van der Waals surface area contributed by atoms with Gasteiger partial charge in [-0.25, -0.2) is 14.6 Å². The number of aromatic nitrogens is 1. The van der Waals surface area contributed by atoms with Gasteiger partial charge in [-0.1, -0.05) is 46.1 Å². The number of carbonyl (C=O) groups excluding carboxylic acids is 2. The van der Waals surface area contributed by atoms with Crippen LogP contribution in [0.1, 0.15) is 9.67 Å². The van der Waals surface area contributed by atoms with E-state index in [4.69, 9.17) is 34.8 Å². The number of hydrogen-bond acceptors (Lipinski definition) is 5. The summed E-state index contributed by atoms with van der Waals surface area (Å²) in [5, 5.41) is 4.27. The van der Waals surface area contributed by atoms with E-state index in [-0.39, 0.29) is 10.7 Å². The van der Waals surface area contributed by atoms with Crippen molar-refractivity contribution in [2.24, 2.45) is 0 Å². The third kappa shape index (κ3) is 4.77. The first-order chi connectivity index (χ1) is 8.23. The minimum absolute atomic E-state index is 0.00507. The van der Waals surface area contributed by atoms with E-state index in [0.29, 0.717) is 3.92 Å². The van der Waals surface area contributed by atoms with Gasteiger partial charge < -0.3 is 4.74 Å². The molecule has 0 saturated carbocycles. The molecule has 0 atom stereocenters. The molecule has 0 unspecified atom stereocenters. The minimum Gasteiger partial charge on any atom is -0.465 e. The molecule has 0 radical (unpaired) electrons. The number of thiazole rings is 1. The van der Waals surface area contributed by atoms with Crippen LogP contribution in [0.5, 0.6) is 0 Å². The lowest BCUT2D eigenvalue weighted by molar-refractivity contribution is 0.0607. The molecular formula is C7H5BrCl3N3O3S. The van der Waals surface area contributed by atoms with Crippen LogP contribution in [0.25, 0.3) is 0 Å². The van der Waals surface area contributed by atoms with Crippen LogP contribution in [0.4, 0.5) is 10.6 Å². The maximum atomic E-state index is 11.4. The van der Waals surface area contributed by atoms with Gasteiger partial charge in [-0.05, 0) is 15.9 Å². The summed E-state index contributed by atoms with van der Waals surface area (Å²) in [6.07, 6.45) is 0. The van der Waals surface area contributed by atoms with Crippen molar-refractivity contribution in [1.82, 2.24) is 10.3 Å². The van der Waals surface area contributed by atoms with Crippen LogP contribution in [-0.2, 0) is 4.74 Å². The zero-order valence-electron chi connectivity index (χ0n) is 8.59. The Morgan fingerprint density at radius 3 is 2.56 bits per heavy atom. The summed E-state index contributed by atoms with van der Waals surface area (Å²) in [5.41, 5.74) is 0. The molecule has 0 aliphatic carbocycles. The molecule has 1 rings (SSSR count). The van der Waals surface area contributed by atoms with E-state index in [1.54, 1.807) is 0 Å². The number of nitrogens with one attached hydrogen (secondary N) is 2. The van der Waals surface area contributed by atoms with Gasteiger partial charge in [0.1, 0.15) is 0 Å². The largest absolute Gasteiger partial charge is 0.465 e. The summed E-state index contributed by atoms with van der Waals surface area (Å²) >= 11 is 20.2. The third-order valence-corrected chi connectivity index (χ3v) is 3.23. The summed E-state index contributed by atoms with van der Waals surface area (Å²) in [4.78, 5) is 26.8. The molecule has 0 aromatic carbocycles.